The van der Waals surface area contributed by atoms with Crippen LogP contribution in [0.5, 0.6) is 0 Å². The van der Waals surface area contributed by atoms with Gasteiger partial charge in [-0.2, -0.15) is 0 Å². The predicted octanol–water partition coefficient (Wildman–Crippen LogP) is 1.73. The Labute approximate surface area is 135 Å². The van der Waals surface area contributed by atoms with Gasteiger partial charge in [-0.15, -0.1) is 0 Å². The lowest BCUT2D eigenvalue weighted by atomic mass is 10.1. The first-order valence-electron chi connectivity index (χ1n) is 7.80. The number of rotatable bonds is 3. The zero-order valence-corrected chi connectivity index (χ0v) is 13.3. The minimum absolute atomic E-state index is 0.132. The van der Waals surface area contributed by atoms with Crippen molar-refractivity contribution in [3.8, 4) is 0 Å². The summed E-state index contributed by atoms with van der Waals surface area (Å²) in [7, 11) is 0. The maximum Gasteiger partial charge on any atom is 0.227 e. The number of carbonyl (C=O) groups excluding carboxylic acids is 1. The molecule has 1 aromatic rings. The minimum Gasteiger partial charge on any atom is -0.340 e. The second-order valence-electron chi connectivity index (χ2n) is 5.99. The van der Waals surface area contributed by atoms with Crippen LogP contribution in [0.1, 0.15) is 12.0 Å². The van der Waals surface area contributed by atoms with E-state index in [9.17, 15) is 9.18 Å². The van der Waals surface area contributed by atoms with E-state index in [2.05, 4.69) is 10.2 Å². The Bertz CT molecular complexity index is 520. The molecule has 0 spiro atoms. The van der Waals surface area contributed by atoms with Crippen LogP contribution < -0.4 is 5.32 Å². The summed E-state index contributed by atoms with van der Waals surface area (Å²) in [6.07, 6.45) is 0.934. The summed E-state index contributed by atoms with van der Waals surface area (Å²) in [5.41, 5.74) is 0.545. The molecule has 120 valence electrons. The third-order valence-electron chi connectivity index (χ3n) is 4.54. The van der Waals surface area contributed by atoms with Gasteiger partial charge in [-0.1, -0.05) is 17.7 Å². The van der Waals surface area contributed by atoms with E-state index in [4.69, 9.17) is 11.6 Å². The van der Waals surface area contributed by atoms with Crippen molar-refractivity contribution in [2.75, 3.05) is 39.3 Å². The van der Waals surface area contributed by atoms with Gasteiger partial charge in [0.05, 0.1) is 5.92 Å². The zero-order valence-electron chi connectivity index (χ0n) is 12.5. The van der Waals surface area contributed by atoms with Gasteiger partial charge in [-0.05, 0) is 25.1 Å². The number of hydrogen-bond donors (Lipinski definition) is 1. The Kier molecular flexibility index (Phi) is 4.96. The molecule has 1 N–H and O–H groups in total. The van der Waals surface area contributed by atoms with Crippen molar-refractivity contribution in [3.63, 3.8) is 0 Å². The lowest BCUT2D eigenvalue weighted by Gasteiger charge is -2.36. The lowest BCUT2D eigenvalue weighted by molar-refractivity contribution is -0.136. The molecule has 0 saturated carbocycles. The Morgan fingerprint density at radius 3 is 2.73 bits per heavy atom. The SMILES string of the molecule is O=C(C1CCNC1)N1CCN(Cc2c(F)cccc2Cl)CC1. The van der Waals surface area contributed by atoms with Crippen LogP contribution in [0.25, 0.3) is 0 Å². The minimum atomic E-state index is -0.261. The van der Waals surface area contributed by atoms with Crippen LogP contribution in [-0.2, 0) is 11.3 Å². The van der Waals surface area contributed by atoms with Crippen molar-refractivity contribution >= 4 is 17.5 Å². The molecule has 0 aromatic heterocycles. The van der Waals surface area contributed by atoms with E-state index in [1.165, 1.54) is 6.07 Å². The monoisotopic (exact) mass is 325 g/mol. The van der Waals surface area contributed by atoms with E-state index in [0.29, 0.717) is 30.2 Å². The number of piperazine rings is 1. The first kappa shape index (κ1) is 15.7. The molecule has 2 fully saturated rings. The molecule has 2 aliphatic rings. The highest BCUT2D eigenvalue weighted by atomic mass is 35.5. The average Bonchev–Trinajstić information content (AvgIpc) is 3.05. The Balaban J connectivity index is 1.54. The summed E-state index contributed by atoms with van der Waals surface area (Å²) < 4.78 is 13.8. The molecule has 1 amide bonds. The van der Waals surface area contributed by atoms with Gasteiger partial charge in [0.2, 0.25) is 5.91 Å². The molecule has 2 aliphatic heterocycles. The van der Waals surface area contributed by atoms with Crippen LogP contribution in [-0.4, -0.2) is 55.0 Å². The quantitative estimate of drug-likeness (QED) is 0.919. The van der Waals surface area contributed by atoms with Gasteiger partial charge in [0.1, 0.15) is 5.82 Å². The number of halogens is 2. The number of benzene rings is 1. The standard InChI is InChI=1S/C16H21ClFN3O/c17-14-2-1-3-15(18)13(14)11-20-6-8-21(9-7-20)16(22)12-4-5-19-10-12/h1-3,12,19H,4-11H2. The number of amides is 1. The second-order valence-corrected chi connectivity index (χ2v) is 6.40. The van der Waals surface area contributed by atoms with E-state index in [-0.39, 0.29) is 17.6 Å². The molecule has 22 heavy (non-hydrogen) atoms. The van der Waals surface area contributed by atoms with Crippen LogP contribution in [0.2, 0.25) is 5.02 Å². The molecular formula is C16H21ClFN3O. The van der Waals surface area contributed by atoms with Crippen LogP contribution in [0, 0.1) is 11.7 Å². The van der Waals surface area contributed by atoms with Crippen molar-refractivity contribution in [1.29, 1.82) is 0 Å². The molecule has 0 aliphatic carbocycles. The van der Waals surface area contributed by atoms with Gasteiger partial charge in [0, 0.05) is 49.9 Å². The third-order valence-corrected chi connectivity index (χ3v) is 4.89. The van der Waals surface area contributed by atoms with E-state index < -0.39 is 0 Å². The van der Waals surface area contributed by atoms with Crippen molar-refractivity contribution < 1.29 is 9.18 Å². The molecule has 0 bridgehead atoms. The maximum atomic E-state index is 13.8. The molecule has 1 unspecified atom stereocenters. The van der Waals surface area contributed by atoms with Gasteiger partial charge < -0.3 is 10.2 Å². The normalized spacial score (nSPS) is 23.0. The number of carbonyl (C=O) groups is 1. The van der Waals surface area contributed by atoms with Crippen LogP contribution in [0.3, 0.4) is 0 Å². The molecule has 1 atom stereocenters. The Morgan fingerprint density at radius 1 is 1.32 bits per heavy atom. The summed E-state index contributed by atoms with van der Waals surface area (Å²) in [5.74, 6) is 0.129. The van der Waals surface area contributed by atoms with Crippen molar-refractivity contribution in [3.05, 3.63) is 34.6 Å². The van der Waals surface area contributed by atoms with Crippen molar-refractivity contribution in [2.45, 2.75) is 13.0 Å². The molecule has 6 heteroatoms. The van der Waals surface area contributed by atoms with E-state index in [1.54, 1.807) is 12.1 Å². The molecular weight excluding hydrogens is 305 g/mol. The summed E-state index contributed by atoms with van der Waals surface area (Å²) in [6, 6.07) is 4.77. The molecule has 2 heterocycles. The van der Waals surface area contributed by atoms with Crippen LogP contribution in [0.4, 0.5) is 4.39 Å². The third kappa shape index (κ3) is 3.42. The molecule has 3 rings (SSSR count). The van der Waals surface area contributed by atoms with Gasteiger partial charge >= 0.3 is 0 Å². The average molecular weight is 326 g/mol. The highest BCUT2D eigenvalue weighted by molar-refractivity contribution is 6.31. The van der Waals surface area contributed by atoms with Gasteiger partial charge in [-0.25, -0.2) is 4.39 Å². The maximum absolute atomic E-state index is 13.8. The molecule has 1 aromatic carbocycles. The van der Waals surface area contributed by atoms with E-state index in [1.807, 2.05) is 4.90 Å². The Hall–Kier alpha value is -1.17. The molecule has 4 nitrogen and oxygen atoms in total. The van der Waals surface area contributed by atoms with Crippen LogP contribution >= 0.6 is 11.6 Å². The zero-order chi connectivity index (χ0) is 15.5. The second kappa shape index (κ2) is 6.94. The topological polar surface area (TPSA) is 35.6 Å². The number of nitrogens with one attached hydrogen (secondary N) is 1. The predicted molar refractivity (Wildman–Crippen MR) is 84.2 cm³/mol. The summed E-state index contributed by atoms with van der Waals surface area (Å²) in [5, 5.41) is 3.70. The van der Waals surface area contributed by atoms with E-state index >= 15 is 0 Å². The summed E-state index contributed by atoms with van der Waals surface area (Å²) >= 11 is 6.08. The highest BCUT2D eigenvalue weighted by Crippen LogP contribution is 2.22. The summed E-state index contributed by atoms with van der Waals surface area (Å²) in [4.78, 5) is 16.5. The first-order valence-corrected chi connectivity index (χ1v) is 8.17. The lowest BCUT2D eigenvalue weighted by Crippen LogP contribution is -2.50. The van der Waals surface area contributed by atoms with Crippen LogP contribution in [0.15, 0.2) is 18.2 Å². The fourth-order valence-electron chi connectivity index (χ4n) is 3.16. The molecule has 0 radical (unpaired) electrons. The first-order chi connectivity index (χ1) is 10.6. The number of nitrogens with zero attached hydrogens (tertiary/aromatic N) is 2. The molecule has 2 saturated heterocycles. The number of hydrogen-bond acceptors (Lipinski definition) is 3. The van der Waals surface area contributed by atoms with Crippen molar-refractivity contribution in [2.24, 2.45) is 5.92 Å². The van der Waals surface area contributed by atoms with Gasteiger partial charge in [0.15, 0.2) is 0 Å². The largest absolute Gasteiger partial charge is 0.340 e. The fraction of sp³-hybridized carbons (Fsp3) is 0.562. The highest BCUT2D eigenvalue weighted by Gasteiger charge is 2.29. The Morgan fingerprint density at radius 2 is 2.09 bits per heavy atom. The van der Waals surface area contributed by atoms with Gasteiger partial charge in [-0.3, -0.25) is 9.69 Å². The smallest absolute Gasteiger partial charge is 0.227 e. The summed E-state index contributed by atoms with van der Waals surface area (Å²) in [6.45, 7) is 5.17. The van der Waals surface area contributed by atoms with Gasteiger partial charge in [0.25, 0.3) is 0 Å². The van der Waals surface area contributed by atoms with E-state index in [0.717, 1.165) is 32.6 Å². The van der Waals surface area contributed by atoms with Crippen molar-refractivity contribution in [1.82, 2.24) is 15.1 Å². The fourth-order valence-corrected chi connectivity index (χ4v) is 3.38.